The first-order valence-electron chi connectivity index (χ1n) is 6.76. The summed E-state index contributed by atoms with van der Waals surface area (Å²) in [7, 11) is 0. The topological polar surface area (TPSA) is 25.2 Å². The highest BCUT2D eigenvalue weighted by Gasteiger charge is 2.10. The molecule has 3 aromatic rings. The molecule has 0 aliphatic rings. The van der Waals surface area contributed by atoms with Crippen LogP contribution in [0.1, 0.15) is 12.7 Å². The second-order valence-corrected chi connectivity index (χ2v) is 4.69. The molecule has 0 saturated heterocycles. The maximum Gasteiger partial charge on any atom is 0.134 e. The molecule has 2 aromatic carbocycles. The van der Waals surface area contributed by atoms with E-state index in [2.05, 4.69) is 12.2 Å². The summed E-state index contributed by atoms with van der Waals surface area (Å²) in [5, 5.41) is 4.71. The molecule has 0 unspecified atom stereocenters. The van der Waals surface area contributed by atoms with E-state index in [1.165, 1.54) is 6.07 Å². The molecule has 102 valence electrons. The first kappa shape index (κ1) is 12.9. The molecular formula is C17H16FNO. The van der Waals surface area contributed by atoms with Gasteiger partial charge in [0.05, 0.1) is 6.54 Å². The van der Waals surface area contributed by atoms with Crippen molar-refractivity contribution in [1.29, 1.82) is 0 Å². The van der Waals surface area contributed by atoms with Gasteiger partial charge in [-0.1, -0.05) is 31.2 Å². The monoisotopic (exact) mass is 269 g/mol. The highest BCUT2D eigenvalue weighted by Crippen LogP contribution is 2.31. The molecule has 0 bridgehead atoms. The van der Waals surface area contributed by atoms with Crippen LogP contribution >= 0.6 is 0 Å². The van der Waals surface area contributed by atoms with Crippen LogP contribution in [0.3, 0.4) is 0 Å². The lowest BCUT2D eigenvalue weighted by Gasteiger charge is -2.05. The molecule has 20 heavy (non-hydrogen) atoms. The fourth-order valence-electron chi connectivity index (χ4n) is 2.34. The number of hydrogen-bond acceptors (Lipinski definition) is 2. The lowest BCUT2D eigenvalue weighted by atomic mass is 10.0. The van der Waals surface area contributed by atoms with E-state index < -0.39 is 0 Å². The van der Waals surface area contributed by atoms with E-state index in [0.29, 0.717) is 11.9 Å². The number of hydrogen-bond donors (Lipinski definition) is 1. The Bertz CT molecular complexity index is 733. The van der Waals surface area contributed by atoms with Crippen molar-refractivity contribution in [3.05, 3.63) is 60.1 Å². The van der Waals surface area contributed by atoms with Gasteiger partial charge in [0.2, 0.25) is 0 Å². The van der Waals surface area contributed by atoms with Crippen molar-refractivity contribution in [2.45, 2.75) is 13.5 Å². The summed E-state index contributed by atoms with van der Waals surface area (Å²) in [6, 6.07) is 14.6. The van der Waals surface area contributed by atoms with Crippen LogP contribution in [-0.4, -0.2) is 6.54 Å². The zero-order valence-electron chi connectivity index (χ0n) is 11.3. The van der Waals surface area contributed by atoms with E-state index in [9.17, 15) is 4.39 Å². The third kappa shape index (κ3) is 2.32. The van der Waals surface area contributed by atoms with Crippen LogP contribution in [-0.2, 0) is 6.54 Å². The van der Waals surface area contributed by atoms with Crippen molar-refractivity contribution in [2.24, 2.45) is 0 Å². The number of furan rings is 1. The minimum atomic E-state index is -0.205. The van der Waals surface area contributed by atoms with Crippen molar-refractivity contribution < 1.29 is 8.81 Å². The Balaban J connectivity index is 2.06. The Morgan fingerprint density at radius 3 is 2.60 bits per heavy atom. The van der Waals surface area contributed by atoms with E-state index >= 15 is 0 Å². The first-order chi connectivity index (χ1) is 9.79. The van der Waals surface area contributed by atoms with Gasteiger partial charge >= 0.3 is 0 Å². The van der Waals surface area contributed by atoms with Crippen molar-refractivity contribution in [1.82, 2.24) is 5.32 Å². The first-order valence-corrected chi connectivity index (χ1v) is 6.76. The molecule has 1 aromatic heterocycles. The van der Waals surface area contributed by atoms with Gasteiger partial charge in [0.15, 0.2) is 0 Å². The van der Waals surface area contributed by atoms with Gasteiger partial charge in [-0.15, -0.1) is 0 Å². The van der Waals surface area contributed by atoms with Gasteiger partial charge in [0, 0.05) is 10.9 Å². The Morgan fingerprint density at radius 2 is 1.80 bits per heavy atom. The molecule has 0 aliphatic heterocycles. The molecule has 1 heterocycles. The fourth-order valence-corrected chi connectivity index (χ4v) is 2.34. The minimum Gasteiger partial charge on any atom is -0.460 e. The largest absolute Gasteiger partial charge is 0.460 e. The van der Waals surface area contributed by atoms with Crippen LogP contribution in [0.2, 0.25) is 0 Å². The van der Waals surface area contributed by atoms with Gasteiger partial charge in [-0.25, -0.2) is 4.39 Å². The molecule has 0 spiro atoms. The SMILES string of the molecule is CCNCc1ccc(-c2ccc(F)c3ccccc23)o1. The van der Waals surface area contributed by atoms with Crippen LogP contribution in [0.15, 0.2) is 52.9 Å². The third-order valence-electron chi connectivity index (χ3n) is 3.35. The summed E-state index contributed by atoms with van der Waals surface area (Å²) in [5.41, 5.74) is 0.921. The minimum absolute atomic E-state index is 0.205. The molecule has 0 radical (unpaired) electrons. The molecule has 0 saturated carbocycles. The maximum atomic E-state index is 13.8. The van der Waals surface area contributed by atoms with Gasteiger partial charge < -0.3 is 9.73 Å². The van der Waals surface area contributed by atoms with Crippen molar-refractivity contribution in [2.75, 3.05) is 6.54 Å². The Morgan fingerprint density at radius 1 is 1.00 bits per heavy atom. The summed E-state index contributed by atoms with van der Waals surface area (Å²) in [6.07, 6.45) is 0. The predicted octanol–water partition coefficient (Wildman–Crippen LogP) is 4.35. The predicted molar refractivity (Wildman–Crippen MR) is 79.0 cm³/mol. The summed E-state index contributed by atoms with van der Waals surface area (Å²) in [5.74, 6) is 1.45. The highest BCUT2D eigenvalue weighted by molar-refractivity contribution is 5.95. The van der Waals surface area contributed by atoms with Gasteiger partial charge in [-0.2, -0.15) is 0 Å². The van der Waals surface area contributed by atoms with Crippen LogP contribution in [0.25, 0.3) is 22.1 Å². The van der Waals surface area contributed by atoms with E-state index in [0.717, 1.165) is 29.0 Å². The molecule has 0 aliphatic carbocycles. The number of halogens is 1. The lowest BCUT2D eigenvalue weighted by Crippen LogP contribution is -2.10. The Kier molecular flexibility index (Phi) is 3.52. The molecule has 3 heteroatoms. The number of fused-ring (bicyclic) bond motifs is 1. The van der Waals surface area contributed by atoms with Crippen LogP contribution in [0.4, 0.5) is 4.39 Å². The van der Waals surface area contributed by atoms with Crippen molar-refractivity contribution in [3.8, 4) is 11.3 Å². The van der Waals surface area contributed by atoms with E-state index in [1.54, 1.807) is 12.1 Å². The fraction of sp³-hybridized carbons (Fsp3) is 0.176. The highest BCUT2D eigenvalue weighted by atomic mass is 19.1. The summed E-state index contributed by atoms with van der Waals surface area (Å²) in [4.78, 5) is 0. The molecule has 0 atom stereocenters. The average Bonchev–Trinajstić information content (AvgIpc) is 2.94. The zero-order valence-corrected chi connectivity index (χ0v) is 11.3. The lowest BCUT2D eigenvalue weighted by molar-refractivity contribution is 0.499. The zero-order chi connectivity index (χ0) is 13.9. The van der Waals surface area contributed by atoms with Gasteiger partial charge in [0.1, 0.15) is 17.3 Å². The quantitative estimate of drug-likeness (QED) is 0.761. The third-order valence-corrected chi connectivity index (χ3v) is 3.35. The van der Waals surface area contributed by atoms with Crippen molar-refractivity contribution >= 4 is 10.8 Å². The summed E-state index contributed by atoms with van der Waals surface area (Å²) >= 11 is 0. The second-order valence-electron chi connectivity index (χ2n) is 4.69. The van der Waals surface area contributed by atoms with Gasteiger partial charge in [0.25, 0.3) is 0 Å². The van der Waals surface area contributed by atoms with Crippen LogP contribution < -0.4 is 5.32 Å². The average molecular weight is 269 g/mol. The molecule has 0 fully saturated rings. The molecule has 2 nitrogen and oxygen atoms in total. The molecule has 0 amide bonds. The number of rotatable bonds is 4. The smallest absolute Gasteiger partial charge is 0.134 e. The molecular weight excluding hydrogens is 253 g/mol. The van der Waals surface area contributed by atoms with Crippen LogP contribution in [0.5, 0.6) is 0 Å². The molecule has 3 rings (SSSR count). The Hall–Kier alpha value is -2.13. The second kappa shape index (κ2) is 5.47. The standard InChI is InChI=1S/C17H16FNO/c1-2-19-11-12-7-10-17(20-12)15-8-9-16(18)14-6-4-3-5-13(14)15/h3-10,19H,2,11H2,1H3. The van der Waals surface area contributed by atoms with E-state index in [1.807, 2.05) is 30.3 Å². The number of nitrogens with one attached hydrogen (secondary N) is 1. The van der Waals surface area contributed by atoms with Gasteiger partial charge in [-0.3, -0.25) is 0 Å². The van der Waals surface area contributed by atoms with Crippen molar-refractivity contribution in [3.63, 3.8) is 0 Å². The summed E-state index contributed by atoms with van der Waals surface area (Å²) < 4.78 is 19.6. The number of benzene rings is 2. The normalized spacial score (nSPS) is 11.1. The van der Waals surface area contributed by atoms with E-state index in [-0.39, 0.29) is 5.82 Å². The van der Waals surface area contributed by atoms with E-state index in [4.69, 9.17) is 4.42 Å². The molecule has 1 N–H and O–H groups in total. The van der Waals surface area contributed by atoms with Gasteiger partial charge in [-0.05, 0) is 36.2 Å². The maximum absolute atomic E-state index is 13.8. The van der Waals surface area contributed by atoms with Crippen LogP contribution in [0, 0.1) is 5.82 Å². The summed E-state index contributed by atoms with van der Waals surface area (Å²) in [6.45, 7) is 3.66. The Labute approximate surface area is 117 Å².